The van der Waals surface area contributed by atoms with Gasteiger partial charge >= 0.3 is 0 Å². The van der Waals surface area contributed by atoms with Crippen LogP contribution in [0.2, 0.25) is 0 Å². The second-order valence-corrected chi connectivity index (χ2v) is 2.67. The molecule has 1 aliphatic rings. The summed E-state index contributed by atoms with van der Waals surface area (Å²) in [6.07, 6.45) is 2.35. The quantitative estimate of drug-likeness (QED) is 0.560. The molecule has 0 aromatic heterocycles. The monoisotopic (exact) mass is 142 g/mol. The van der Waals surface area contributed by atoms with Crippen molar-refractivity contribution in [3.05, 3.63) is 0 Å². The topological polar surface area (TPSA) is 40.2 Å². The van der Waals surface area contributed by atoms with Gasteiger partial charge in [-0.3, -0.25) is 9.69 Å². The number of Topliss-reactive ketones (excluding diaryl/α,β-unsaturated/α-hetero) is 1. The Kier molecular flexibility index (Phi) is 2.83. The highest BCUT2D eigenvalue weighted by molar-refractivity contribution is 5.81. The van der Waals surface area contributed by atoms with Gasteiger partial charge in [-0.15, -0.1) is 0 Å². The molecule has 3 nitrogen and oxygen atoms in total. The molecule has 0 N–H and O–H groups in total. The summed E-state index contributed by atoms with van der Waals surface area (Å²) < 4.78 is 0. The maximum atomic E-state index is 10.6. The van der Waals surface area contributed by atoms with Crippen LogP contribution in [0.4, 0.5) is 0 Å². The number of rotatable bonds is 3. The number of hydrogen-bond acceptors (Lipinski definition) is 2. The zero-order valence-electron chi connectivity index (χ0n) is 6.01. The highest BCUT2D eigenvalue weighted by Gasteiger charge is 2.13. The molecular weight excluding hydrogens is 130 g/mol. The zero-order chi connectivity index (χ0) is 7.40. The molecule has 1 aliphatic heterocycles. The van der Waals surface area contributed by atoms with Crippen LogP contribution in [0.25, 0.3) is 0 Å². The van der Waals surface area contributed by atoms with E-state index in [1.165, 1.54) is 12.8 Å². The Labute approximate surface area is 60.6 Å². The minimum atomic E-state index is -0.559. The summed E-state index contributed by atoms with van der Waals surface area (Å²) in [5.74, 6) is -0.179. The van der Waals surface area contributed by atoms with E-state index in [0.717, 1.165) is 13.1 Å². The number of hydrogen-bond donors (Lipinski definition) is 0. The number of ketones is 1. The van der Waals surface area contributed by atoms with Crippen LogP contribution in [0.5, 0.6) is 0 Å². The van der Waals surface area contributed by atoms with Gasteiger partial charge in [0.2, 0.25) is 0 Å². The van der Waals surface area contributed by atoms with Gasteiger partial charge in [0.25, 0.3) is 0 Å². The van der Waals surface area contributed by atoms with Gasteiger partial charge < -0.3 is 0 Å². The summed E-state index contributed by atoms with van der Waals surface area (Å²) >= 11 is 0. The van der Waals surface area contributed by atoms with Crippen molar-refractivity contribution in [2.75, 3.05) is 26.2 Å². The first kappa shape index (κ1) is 7.69. The Hall–Kier alpha value is -0.410. The first-order valence-electron chi connectivity index (χ1n) is 3.65. The van der Waals surface area contributed by atoms with E-state index >= 15 is 0 Å². The Morgan fingerprint density at radius 3 is 2.40 bits per heavy atom. The molecule has 0 aliphatic carbocycles. The van der Waals surface area contributed by atoms with Crippen LogP contribution >= 0.6 is 0 Å². The third kappa shape index (κ3) is 2.08. The van der Waals surface area contributed by atoms with Gasteiger partial charge in [-0.1, -0.05) is 0 Å². The maximum absolute atomic E-state index is 10.6. The van der Waals surface area contributed by atoms with Crippen LogP contribution in [-0.2, 0) is 9.90 Å². The standard InChI is InChI=1S/C7H12NO2/c9-6-7(10)5-8-3-1-2-4-8/h1-6H2. The zero-order valence-corrected chi connectivity index (χ0v) is 6.01. The van der Waals surface area contributed by atoms with E-state index in [1.54, 1.807) is 0 Å². The molecule has 1 rings (SSSR count). The summed E-state index contributed by atoms with van der Waals surface area (Å²) in [5, 5.41) is 10.0. The van der Waals surface area contributed by atoms with E-state index in [-0.39, 0.29) is 5.78 Å². The van der Waals surface area contributed by atoms with E-state index < -0.39 is 6.61 Å². The molecule has 0 aromatic rings. The third-order valence-corrected chi connectivity index (χ3v) is 1.76. The van der Waals surface area contributed by atoms with Crippen LogP contribution in [0.1, 0.15) is 12.8 Å². The van der Waals surface area contributed by atoms with Gasteiger partial charge in [0.05, 0.1) is 6.54 Å². The molecule has 3 heteroatoms. The van der Waals surface area contributed by atoms with Crippen molar-refractivity contribution in [3.8, 4) is 0 Å². The van der Waals surface area contributed by atoms with Crippen LogP contribution in [0, 0.1) is 0 Å². The predicted octanol–water partition coefficient (Wildman–Crippen LogP) is 0.0818. The molecule has 57 valence electrons. The van der Waals surface area contributed by atoms with Crippen LogP contribution in [0.3, 0.4) is 0 Å². The molecule has 1 heterocycles. The van der Waals surface area contributed by atoms with Crippen LogP contribution in [-0.4, -0.2) is 36.9 Å². The fourth-order valence-electron chi connectivity index (χ4n) is 1.24. The van der Waals surface area contributed by atoms with Crippen LogP contribution < -0.4 is 0 Å². The van der Waals surface area contributed by atoms with E-state index in [9.17, 15) is 9.90 Å². The van der Waals surface area contributed by atoms with Crippen molar-refractivity contribution in [1.82, 2.24) is 4.90 Å². The van der Waals surface area contributed by atoms with Gasteiger partial charge in [0.15, 0.2) is 5.78 Å². The first-order valence-corrected chi connectivity index (χ1v) is 3.65. The van der Waals surface area contributed by atoms with Gasteiger partial charge in [0.1, 0.15) is 6.61 Å². The van der Waals surface area contributed by atoms with Gasteiger partial charge in [-0.2, -0.15) is 0 Å². The molecule has 0 saturated carbocycles. The summed E-state index contributed by atoms with van der Waals surface area (Å²) in [6.45, 7) is 1.80. The third-order valence-electron chi connectivity index (χ3n) is 1.76. The summed E-state index contributed by atoms with van der Waals surface area (Å²) in [5.41, 5.74) is 0. The second-order valence-electron chi connectivity index (χ2n) is 2.67. The summed E-state index contributed by atoms with van der Waals surface area (Å²) in [4.78, 5) is 12.7. The number of nitrogens with zero attached hydrogens (tertiary/aromatic N) is 1. The van der Waals surface area contributed by atoms with Gasteiger partial charge in [-0.05, 0) is 25.9 Å². The number of likely N-dealkylation sites (tertiary alicyclic amines) is 1. The fourth-order valence-corrected chi connectivity index (χ4v) is 1.24. The van der Waals surface area contributed by atoms with Crippen molar-refractivity contribution in [2.45, 2.75) is 12.8 Å². The SMILES string of the molecule is [O]CC(=O)CN1CCCC1. The predicted molar refractivity (Wildman–Crippen MR) is 36.2 cm³/mol. The highest BCUT2D eigenvalue weighted by atomic mass is 16.3. The summed E-state index contributed by atoms with van der Waals surface area (Å²) in [7, 11) is 0. The molecule has 0 aromatic carbocycles. The molecular formula is C7H12NO2. The Morgan fingerprint density at radius 1 is 1.30 bits per heavy atom. The lowest BCUT2D eigenvalue weighted by atomic mass is 10.4. The molecule has 0 spiro atoms. The molecule has 1 saturated heterocycles. The molecule has 0 atom stereocenters. The van der Waals surface area contributed by atoms with E-state index in [0.29, 0.717) is 6.54 Å². The minimum Gasteiger partial charge on any atom is -0.296 e. The molecule has 10 heavy (non-hydrogen) atoms. The Morgan fingerprint density at radius 2 is 1.90 bits per heavy atom. The summed E-state index contributed by atoms with van der Waals surface area (Å²) in [6, 6.07) is 0. The average Bonchev–Trinajstić information content (AvgIpc) is 2.40. The lowest BCUT2D eigenvalue weighted by molar-refractivity contribution is -0.124. The van der Waals surface area contributed by atoms with Crippen molar-refractivity contribution < 1.29 is 9.90 Å². The lowest BCUT2D eigenvalue weighted by Gasteiger charge is -2.10. The van der Waals surface area contributed by atoms with Crippen molar-refractivity contribution in [1.29, 1.82) is 0 Å². The van der Waals surface area contributed by atoms with E-state index in [4.69, 9.17) is 0 Å². The highest BCUT2D eigenvalue weighted by Crippen LogP contribution is 2.05. The fraction of sp³-hybridized carbons (Fsp3) is 0.857. The van der Waals surface area contributed by atoms with E-state index in [2.05, 4.69) is 0 Å². The van der Waals surface area contributed by atoms with Crippen molar-refractivity contribution in [3.63, 3.8) is 0 Å². The molecule has 1 radical (unpaired) electrons. The lowest BCUT2D eigenvalue weighted by Crippen LogP contribution is -2.28. The average molecular weight is 142 g/mol. The van der Waals surface area contributed by atoms with E-state index in [1.807, 2.05) is 4.90 Å². The van der Waals surface area contributed by atoms with Crippen LogP contribution in [0.15, 0.2) is 0 Å². The second kappa shape index (κ2) is 3.68. The van der Waals surface area contributed by atoms with Crippen molar-refractivity contribution in [2.24, 2.45) is 0 Å². The Balaban J connectivity index is 2.17. The Bertz CT molecular complexity index is 119. The first-order chi connectivity index (χ1) is 4.83. The minimum absolute atomic E-state index is 0.179. The molecule has 0 unspecified atom stereocenters. The normalized spacial score (nSPS) is 19.7. The smallest absolute Gasteiger partial charge is 0.175 e. The number of carbonyl (C=O) groups excluding carboxylic acids is 1. The molecule has 0 amide bonds. The van der Waals surface area contributed by atoms with Gasteiger partial charge in [-0.25, -0.2) is 5.11 Å². The van der Waals surface area contributed by atoms with Gasteiger partial charge in [0, 0.05) is 0 Å². The maximum Gasteiger partial charge on any atom is 0.175 e. The van der Waals surface area contributed by atoms with Crippen molar-refractivity contribution >= 4 is 5.78 Å². The number of carbonyl (C=O) groups is 1. The largest absolute Gasteiger partial charge is 0.296 e. The molecule has 0 bridgehead atoms. The molecule has 1 fully saturated rings.